The Balaban J connectivity index is 2.17. The molecule has 2 aromatic rings. The van der Waals surface area contributed by atoms with Gasteiger partial charge in [0.15, 0.2) is 0 Å². The van der Waals surface area contributed by atoms with Crippen molar-refractivity contribution in [3.05, 3.63) is 58.6 Å². The standard InChI is InChI=1S/C17H17BrN2O/c1-17(12-19,20-16-6-4-3-5-15(16)18)11-13-7-9-14(21-2)10-8-13/h3-10,20H,11H2,1-2H3. The van der Waals surface area contributed by atoms with E-state index < -0.39 is 5.54 Å². The highest BCUT2D eigenvalue weighted by Gasteiger charge is 2.24. The molecule has 0 fully saturated rings. The first-order chi connectivity index (χ1) is 10.1. The molecule has 2 aromatic carbocycles. The maximum Gasteiger partial charge on any atom is 0.126 e. The Bertz CT molecular complexity index is 649. The molecule has 1 atom stereocenters. The number of nitriles is 1. The zero-order valence-corrected chi connectivity index (χ0v) is 13.6. The van der Waals surface area contributed by atoms with E-state index in [9.17, 15) is 5.26 Å². The van der Waals surface area contributed by atoms with Crippen molar-refractivity contribution in [2.75, 3.05) is 12.4 Å². The summed E-state index contributed by atoms with van der Waals surface area (Å²) in [6, 6.07) is 17.9. The molecule has 0 aliphatic rings. The summed E-state index contributed by atoms with van der Waals surface area (Å²) in [5.41, 5.74) is 1.31. The van der Waals surface area contributed by atoms with Gasteiger partial charge in [-0.05, 0) is 52.7 Å². The smallest absolute Gasteiger partial charge is 0.126 e. The van der Waals surface area contributed by atoms with Gasteiger partial charge >= 0.3 is 0 Å². The van der Waals surface area contributed by atoms with Crippen molar-refractivity contribution in [2.24, 2.45) is 0 Å². The predicted octanol–water partition coefficient (Wildman–Crippen LogP) is 4.39. The predicted molar refractivity (Wildman–Crippen MR) is 88.5 cm³/mol. The lowest BCUT2D eigenvalue weighted by Crippen LogP contribution is -2.35. The molecule has 4 heteroatoms. The van der Waals surface area contributed by atoms with Crippen LogP contribution in [0.4, 0.5) is 5.69 Å². The number of para-hydroxylation sites is 1. The zero-order valence-electron chi connectivity index (χ0n) is 12.1. The van der Waals surface area contributed by atoms with E-state index in [1.165, 1.54) is 0 Å². The quantitative estimate of drug-likeness (QED) is 0.874. The highest BCUT2D eigenvalue weighted by molar-refractivity contribution is 9.10. The highest BCUT2D eigenvalue weighted by Crippen LogP contribution is 2.26. The van der Waals surface area contributed by atoms with E-state index in [1.807, 2.05) is 55.5 Å². The summed E-state index contributed by atoms with van der Waals surface area (Å²) in [5, 5.41) is 12.9. The third kappa shape index (κ3) is 3.99. The number of nitrogens with zero attached hydrogens (tertiary/aromatic N) is 1. The van der Waals surface area contributed by atoms with Crippen molar-refractivity contribution in [3.8, 4) is 11.8 Å². The lowest BCUT2D eigenvalue weighted by Gasteiger charge is -2.25. The number of hydrogen-bond acceptors (Lipinski definition) is 3. The molecule has 3 nitrogen and oxygen atoms in total. The maximum absolute atomic E-state index is 9.55. The monoisotopic (exact) mass is 344 g/mol. The molecule has 0 amide bonds. The van der Waals surface area contributed by atoms with E-state index in [2.05, 4.69) is 27.3 Å². The Kier molecular flexibility index (Phi) is 4.87. The fraction of sp³-hybridized carbons (Fsp3) is 0.235. The maximum atomic E-state index is 9.55. The molecule has 0 radical (unpaired) electrons. The lowest BCUT2D eigenvalue weighted by atomic mass is 9.94. The number of anilines is 1. The molecule has 0 aliphatic heterocycles. The van der Waals surface area contributed by atoms with Crippen LogP contribution in [0, 0.1) is 11.3 Å². The van der Waals surface area contributed by atoms with Crippen molar-refractivity contribution < 1.29 is 4.74 Å². The van der Waals surface area contributed by atoms with Gasteiger partial charge < -0.3 is 10.1 Å². The molecule has 0 spiro atoms. The molecule has 2 rings (SSSR count). The van der Waals surface area contributed by atoms with E-state index in [0.717, 1.165) is 21.5 Å². The summed E-state index contributed by atoms with van der Waals surface area (Å²) in [5.74, 6) is 0.816. The summed E-state index contributed by atoms with van der Waals surface area (Å²) in [6.07, 6.45) is 0.606. The largest absolute Gasteiger partial charge is 0.497 e. The van der Waals surface area contributed by atoms with E-state index in [1.54, 1.807) is 7.11 Å². The number of ether oxygens (including phenoxy) is 1. The topological polar surface area (TPSA) is 45.0 Å². The molecule has 0 aliphatic carbocycles. The van der Waals surface area contributed by atoms with Gasteiger partial charge in [-0.2, -0.15) is 5.26 Å². The van der Waals surface area contributed by atoms with Crippen molar-refractivity contribution in [1.82, 2.24) is 0 Å². The second-order valence-electron chi connectivity index (χ2n) is 5.07. The van der Waals surface area contributed by atoms with E-state index in [-0.39, 0.29) is 0 Å². The highest BCUT2D eigenvalue weighted by atomic mass is 79.9. The first-order valence-corrected chi connectivity index (χ1v) is 7.42. The van der Waals surface area contributed by atoms with Crippen LogP contribution in [0.3, 0.4) is 0 Å². The van der Waals surface area contributed by atoms with Crippen molar-refractivity contribution >= 4 is 21.6 Å². The van der Waals surface area contributed by atoms with Crippen LogP contribution in [0.5, 0.6) is 5.75 Å². The van der Waals surface area contributed by atoms with E-state index >= 15 is 0 Å². The van der Waals surface area contributed by atoms with Crippen LogP contribution in [0.15, 0.2) is 53.0 Å². The molecule has 21 heavy (non-hydrogen) atoms. The minimum Gasteiger partial charge on any atom is -0.497 e. The molecule has 0 aromatic heterocycles. The average molecular weight is 345 g/mol. The van der Waals surface area contributed by atoms with Gasteiger partial charge in [-0.25, -0.2) is 0 Å². The first-order valence-electron chi connectivity index (χ1n) is 6.63. The molecular weight excluding hydrogens is 328 g/mol. The van der Waals surface area contributed by atoms with E-state index in [0.29, 0.717) is 6.42 Å². The molecule has 0 saturated carbocycles. The van der Waals surface area contributed by atoms with Crippen LogP contribution >= 0.6 is 15.9 Å². The Morgan fingerprint density at radius 2 is 1.86 bits per heavy atom. The van der Waals surface area contributed by atoms with Gasteiger partial charge in [0, 0.05) is 16.6 Å². The Hall–Kier alpha value is -1.99. The summed E-state index contributed by atoms with van der Waals surface area (Å²) < 4.78 is 6.10. The van der Waals surface area contributed by atoms with Crippen molar-refractivity contribution in [1.29, 1.82) is 5.26 Å². The molecule has 0 heterocycles. The van der Waals surface area contributed by atoms with Gasteiger partial charge in [0.2, 0.25) is 0 Å². The molecule has 1 unspecified atom stereocenters. The van der Waals surface area contributed by atoms with Crippen LogP contribution < -0.4 is 10.1 Å². The zero-order chi connectivity index (χ0) is 15.3. The number of hydrogen-bond donors (Lipinski definition) is 1. The van der Waals surface area contributed by atoms with Crippen LogP contribution in [-0.2, 0) is 6.42 Å². The molecule has 1 N–H and O–H groups in total. The molecular formula is C17H17BrN2O. The molecule has 108 valence electrons. The Morgan fingerprint density at radius 3 is 2.43 bits per heavy atom. The molecule has 0 saturated heterocycles. The van der Waals surface area contributed by atoms with Crippen LogP contribution in [0.1, 0.15) is 12.5 Å². The van der Waals surface area contributed by atoms with Gasteiger partial charge in [0.1, 0.15) is 11.3 Å². The third-order valence-electron chi connectivity index (χ3n) is 3.25. The summed E-state index contributed by atoms with van der Waals surface area (Å²) >= 11 is 3.49. The number of methoxy groups -OCH3 is 1. The van der Waals surface area contributed by atoms with Gasteiger partial charge in [0.25, 0.3) is 0 Å². The van der Waals surface area contributed by atoms with Gasteiger partial charge in [-0.15, -0.1) is 0 Å². The summed E-state index contributed by atoms with van der Waals surface area (Å²) in [4.78, 5) is 0. The SMILES string of the molecule is COc1ccc(CC(C)(C#N)Nc2ccccc2Br)cc1. The second-order valence-corrected chi connectivity index (χ2v) is 5.93. The van der Waals surface area contributed by atoms with Gasteiger partial charge in [0.05, 0.1) is 13.2 Å². The Labute approximate surface area is 133 Å². The first kappa shape index (κ1) is 15.4. The number of rotatable bonds is 5. The minimum atomic E-state index is -0.682. The fourth-order valence-corrected chi connectivity index (χ4v) is 2.51. The second kappa shape index (κ2) is 6.64. The summed E-state index contributed by atoms with van der Waals surface area (Å²) in [6.45, 7) is 1.90. The number of halogens is 1. The summed E-state index contributed by atoms with van der Waals surface area (Å²) in [7, 11) is 1.64. The number of nitrogens with one attached hydrogen (secondary N) is 1. The molecule has 0 bridgehead atoms. The van der Waals surface area contributed by atoms with Crippen molar-refractivity contribution in [3.63, 3.8) is 0 Å². The third-order valence-corrected chi connectivity index (χ3v) is 3.94. The van der Waals surface area contributed by atoms with Gasteiger partial charge in [-0.1, -0.05) is 24.3 Å². The minimum absolute atomic E-state index is 0.606. The van der Waals surface area contributed by atoms with Gasteiger partial charge in [-0.3, -0.25) is 0 Å². The number of benzene rings is 2. The lowest BCUT2D eigenvalue weighted by molar-refractivity contribution is 0.414. The normalized spacial score (nSPS) is 13.0. The van der Waals surface area contributed by atoms with Crippen molar-refractivity contribution in [2.45, 2.75) is 18.9 Å². The Morgan fingerprint density at radius 1 is 1.19 bits per heavy atom. The van der Waals surface area contributed by atoms with Crippen LogP contribution in [0.2, 0.25) is 0 Å². The van der Waals surface area contributed by atoms with Crippen LogP contribution in [-0.4, -0.2) is 12.6 Å². The fourth-order valence-electron chi connectivity index (χ4n) is 2.12. The van der Waals surface area contributed by atoms with E-state index in [4.69, 9.17) is 4.74 Å². The van der Waals surface area contributed by atoms with Crippen LogP contribution in [0.25, 0.3) is 0 Å². The average Bonchev–Trinajstić information content (AvgIpc) is 2.50.